The van der Waals surface area contributed by atoms with E-state index in [1.54, 1.807) is 7.11 Å². The van der Waals surface area contributed by atoms with Crippen LogP contribution in [0.3, 0.4) is 0 Å². The summed E-state index contributed by atoms with van der Waals surface area (Å²) >= 11 is 0. The van der Waals surface area contributed by atoms with Gasteiger partial charge in [-0.25, -0.2) is 12.7 Å². The molecule has 0 aromatic rings. The second-order valence-corrected chi connectivity index (χ2v) is 6.60. The van der Waals surface area contributed by atoms with Gasteiger partial charge in [-0.1, -0.05) is 0 Å². The van der Waals surface area contributed by atoms with E-state index in [4.69, 9.17) is 9.84 Å². The molecule has 0 aromatic carbocycles. The van der Waals surface area contributed by atoms with Gasteiger partial charge in [-0.05, 0) is 25.7 Å². The molecule has 1 saturated heterocycles. The summed E-state index contributed by atoms with van der Waals surface area (Å²) in [5.41, 5.74) is 0. The van der Waals surface area contributed by atoms with Crippen LogP contribution >= 0.6 is 0 Å². The molecule has 1 aliphatic rings. The number of carboxylic acid groups (broad SMARTS) is 1. The summed E-state index contributed by atoms with van der Waals surface area (Å²) in [5, 5.41) is 7.40. The lowest BCUT2D eigenvalue weighted by molar-refractivity contribution is -0.136. The Morgan fingerprint density at radius 3 is 2.76 bits per heavy atom. The van der Waals surface area contributed by atoms with Gasteiger partial charge in [0.2, 0.25) is 10.0 Å². The quantitative estimate of drug-likeness (QED) is 0.765. The molecule has 6 nitrogen and oxygen atoms in total. The van der Waals surface area contributed by atoms with Crippen LogP contribution in [-0.2, 0) is 19.6 Å². The molecule has 0 amide bonds. The highest BCUT2D eigenvalue weighted by atomic mass is 32.2. The Kier molecular flexibility index (Phi) is 4.91. The van der Waals surface area contributed by atoms with Crippen molar-refractivity contribution in [1.82, 2.24) is 4.31 Å². The predicted octanol–water partition coefficient (Wildman–Crippen LogP) is 0.148. The van der Waals surface area contributed by atoms with Gasteiger partial charge in [0, 0.05) is 20.2 Å². The van der Waals surface area contributed by atoms with Crippen LogP contribution in [0.5, 0.6) is 0 Å². The Morgan fingerprint density at radius 1 is 1.59 bits per heavy atom. The zero-order valence-corrected chi connectivity index (χ0v) is 10.9. The van der Waals surface area contributed by atoms with Crippen molar-refractivity contribution >= 4 is 16.0 Å². The number of piperidine rings is 1. The SMILES string of the molecule is COCC1CCCN(S(=O)(=O)C(C)C(=O)O)C1. The third-order valence-corrected chi connectivity index (χ3v) is 5.19. The van der Waals surface area contributed by atoms with Crippen molar-refractivity contribution in [3.8, 4) is 0 Å². The highest BCUT2D eigenvalue weighted by molar-refractivity contribution is 7.90. The van der Waals surface area contributed by atoms with Gasteiger partial charge in [-0.3, -0.25) is 4.79 Å². The van der Waals surface area contributed by atoms with E-state index in [9.17, 15) is 13.2 Å². The van der Waals surface area contributed by atoms with Crippen molar-refractivity contribution in [2.75, 3.05) is 26.8 Å². The maximum Gasteiger partial charge on any atom is 0.323 e. The first kappa shape index (κ1) is 14.4. The molecule has 0 bridgehead atoms. The van der Waals surface area contributed by atoms with Crippen LogP contribution in [-0.4, -0.2) is 55.9 Å². The predicted molar refractivity (Wildman–Crippen MR) is 62.2 cm³/mol. The van der Waals surface area contributed by atoms with Crippen LogP contribution in [0.1, 0.15) is 19.8 Å². The van der Waals surface area contributed by atoms with Crippen molar-refractivity contribution in [3.63, 3.8) is 0 Å². The molecular formula is C10H19NO5S. The normalized spacial score (nSPS) is 24.5. The van der Waals surface area contributed by atoms with E-state index in [1.807, 2.05) is 0 Å². The third kappa shape index (κ3) is 3.40. The first-order chi connectivity index (χ1) is 7.89. The average Bonchev–Trinajstić information content (AvgIpc) is 2.28. The molecule has 0 spiro atoms. The third-order valence-electron chi connectivity index (χ3n) is 3.04. The molecule has 2 atom stereocenters. The number of nitrogens with zero attached hydrogens (tertiary/aromatic N) is 1. The number of sulfonamides is 1. The molecule has 2 unspecified atom stereocenters. The largest absolute Gasteiger partial charge is 0.480 e. The molecule has 1 rings (SSSR count). The molecule has 1 N–H and O–H groups in total. The molecule has 1 heterocycles. The smallest absolute Gasteiger partial charge is 0.323 e. The standard InChI is InChI=1S/C10H19NO5S/c1-8(10(12)13)17(14,15)11-5-3-4-9(6-11)7-16-2/h8-9H,3-7H2,1-2H3,(H,12,13). The Labute approximate surface area is 102 Å². The maximum atomic E-state index is 12.0. The fraction of sp³-hybridized carbons (Fsp3) is 0.900. The monoisotopic (exact) mass is 265 g/mol. The topological polar surface area (TPSA) is 83.9 Å². The molecule has 7 heteroatoms. The number of rotatable bonds is 5. The van der Waals surface area contributed by atoms with Gasteiger partial charge in [0.05, 0.1) is 6.61 Å². The fourth-order valence-electron chi connectivity index (χ4n) is 1.98. The van der Waals surface area contributed by atoms with E-state index in [-0.39, 0.29) is 5.92 Å². The summed E-state index contributed by atoms with van der Waals surface area (Å²) in [4.78, 5) is 10.8. The lowest BCUT2D eigenvalue weighted by Gasteiger charge is -2.32. The highest BCUT2D eigenvalue weighted by Gasteiger charge is 2.36. The van der Waals surface area contributed by atoms with E-state index in [1.165, 1.54) is 11.2 Å². The van der Waals surface area contributed by atoms with Crippen LogP contribution < -0.4 is 0 Å². The molecule has 0 aliphatic carbocycles. The van der Waals surface area contributed by atoms with Gasteiger partial charge < -0.3 is 9.84 Å². The molecule has 100 valence electrons. The molecule has 1 fully saturated rings. The molecule has 0 saturated carbocycles. The Bertz CT molecular complexity index is 365. The number of aliphatic carboxylic acids is 1. The van der Waals surface area contributed by atoms with Crippen molar-refractivity contribution in [2.45, 2.75) is 25.0 Å². The average molecular weight is 265 g/mol. The molecule has 0 radical (unpaired) electrons. The first-order valence-electron chi connectivity index (χ1n) is 5.60. The van der Waals surface area contributed by atoms with Crippen molar-refractivity contribution < 1.29 is 23.1 Å². The zero-order valence-electron chi connectivity index (χ0n) is 10.1. The van der Waals surface area contributed by atoms with Gasteiger partial charge in [0.15, 0.2) is 5.25 Å². The minimum Gasteiger partial charge on any atom is -0.480 e. The van der Waals surface area contributed by atoms with Crippen molar-refractivity contribution in [3.05, 3.63) is 0 Å². The van der Waals surface area contributed by atoms with Gasteiger partial charge in [0.25, 0.3) is 0 Å². The molecular weight excluding hydrogens is 246 g/mol. The number of hydrogen-bond donors (Lipinski definition) is 1. The maximum absolute atomic E-state index is 12.0. The number of carbonyl (C=O) groups is 1. The summed E-state index contributed by atoms with van der Waals surface area (Å²) in [7, 11) is -2.16. The second-order valence-electron chi connectivity index (χ2n) is 4.35. The Balaban J connectivity index is 2.75. The zero-order chi connectivity index (χ0) is 13.1. The summed E-state index contributed by atoms with van der Waals surface area (Å²) in [6, 6.07) is 0. The van der Waals surface area contributed by atoms with E-state index in [0.717, 1.165) is 12.8 Å². The van der Waals surface area contributed by atoms with Gasteiger partial charge in [-0.2, -0.15) is 0 Å². The first-order valence-corrected chi connectivity index (χ1v) is 7.10. The Hall–Kier alpha value is -0.660. The van der Waals surface area contributed by atoms with Crippen molar-refractivity contribution in [2.24, 2.45) is 5.92 Å². The van der Waals surface area contributed by atoms with E-state index in [0.29, 0.717) is 19.7 Å². The summed E-state index contributed by atoms with van der Waals surface area (Å²) in [6.07, 6.45) is 1.67. The van der Waals surface area contributed by atoms with E-state index < -0.39 is 21.2 Å². The minimum absolute atomic E-state index is 0.157. The van der Waals surface area contributed by atoms with Crippen LogP contribution in [0, 0.1) is 5.92 Å². The number of ether oxygens (including phenoxy) is 1. The molecule has 1 aliphatic heterocycles. The lowest BCUT2D eigenvalue weighted by atomic mass is 10.0. The van der Waals surface area contributed by atoms with Gasteiger partial charge in [0.1, 0.15) is 0 Å². The van der Waals surface area contributed by atoms with Crippen LogP contribution in [0.2, 0.25) is 0 Å². The highest BCUT2D eigenvalue weighted by Crippen LogP contribution is 2.21. The van der Waals surface area contributed by atoms with Gasteiger partial charge >= 0.3 is 5.97 Å². The fourth-order valence-corrected chi connectivity index (χ4v) is 3.48. The van der Waals surface area contributed by atoms with E-state index >= 15 is 0 Å². The molecule has 0 aromatic heterocycles. The number of carboxylic acids is 1. The van der Waals surface area contributed by atoms with Crippen molar-refractivity contribution in [1.29, 1.82) is 0 Å². The molecule has 17 heavy (non-hydrogen) atoms. The van der Waals surface area contributed by atoms with Crippen LogP contribution in [0.15, 0.2) is 0 Å². The minimum atomic E-state index is -3.73. The number of methoxy groups -OCH3 is 1. The van der Waals surface area contributed by atoms with Gasteiger partial charge in [-0.15, -0.1) is 0 Å². The summed E-state index contributed by atoms with van der Waals surface area (Å²) in [5.74, 6) is -1.15. The summed E-state index contributed by atoms with van der Waals surface area (Å²) in [6.45, 7) is 2.47. The summed E-state index contributed by atoms with van der Waals surface area (Å²) < 4.78 is 30.3. The second kappa shape index (κ2) is 5.79. The van der Waals surface area contributed by atoms with E-state index in [2.05, 4.69) is 0 Å². The number of hydrogen-bond acceptors (Lipinski definition) is 4. The van der Waals surface area contributed by atoms with Crippen LogP contribution in [0.4, 0.5) is 0 Å². The van der Waals surface area contributed by atoms with Crippen LogP contribution in [0.25, 0.3) is 0 Å². The lowest BCUT2D eigenvalue weighted by Crippen LogP contribution is -2.46. The Morgan fingerprint density at radius 2 is 2.24 bits per heavy atom.